The second kappa shape index (κ2) is 20.8. The summed E-state index contributed by atoms with van der Waals surface area (Å²) in [6.07, 6.45) is -14.6. The van der Waals surface area contributed by atoms with E-state index in [1.807, 2.05) is 0 Å². The molecule has 0 aromatic carbocycles. The Balaban J connectivity index is 0.887. The maximum absolute atomic E-state index is 13.6. The standard InChI is InChI=1S/C34H45N15O23P4/c1-46-11-49(27-17(46)29(54)45-34(37)43-27)31-20(52)21(63-2)14(69-31)7-66-75(59,60)72-76(61,62)71-73(55,56)5-4-12-22(23(64-3)32(67-12)47-9-40-15-24(35)38-8-39-25(15)47)70-74(57,58)65-6-13-18(50)19(51)30(68-13)48-10-41-16-26(48)42-33(36)44-28(16)53/h4-5,8-14,18-23,30-32,50-52H,6-7H2,1-3H3,(H11-,35,36,37,38,39,42,43,44,45,53,54,55,56,57,58,59,60,61,62)/p-3/b5-4+/t12-,13-,14-,18?,19+,20+,21?,22+,23?,30-,31-,32-/m1/s1. The molecule has 3 aliphatic rings. The fourth-order valence-corrected chi connectivity index (χ4v) is 13.1. The Kier molecular flexibility index (Phi) is 15.1. The first-order valence-corrected chi connectivity index (χ1v) is 27.5. The molecule has 3 saturated heterocycles. The van der Waals surface area contributed by atoms with Gasteiger partial charge in [0.25, 0.3) is 40.5 Å². The van der Waals surface area contributed by atoms with Gasteiger partial charge in [0.1, 0.15) is 66.8 Å². The molecule has 0 saturated carbocycles. The Morgan fingerprint density at radius 3 is 2.09 bits per heavy atom. The summed E-state index contributed by atoms with van der Waals surface area (Å²) < 4.78 is 109. The number of fused-ring (bicyclic) bond motifs is 3. The number of phosphoric acid groups is 3. The number of hydrogen-bond donors (Lipinski definition) is 8. The van der Waals surface area contributed by atoms with Gasteiger partial charge in [-0.15, -0.1) is 0 Å². The van der Waals surface area contributed by atoms with Gasteiger partial charge in [0.2, 0.25) is 17.7 Å². The van der Waals surface area contributed by atoms with Gasteiger partial charge in [0, 0.05) is 14.2 Å². The molecule has 0 bridgehead atoms. The maximum atomic E-state index is 13.6. The van der Waals surface area contributed by atoms with Crippen LogP contribution >= 0.6 is 31.1 Å². The lowest BCUT2D eigenvalue weighted by atomic mass is 10.1. The molecule has 42 heteroatoms. The van der Waals surface area contributed by atoms with Crippen LogP contribution in [-0.2, 0) is 71.2 Å². The normalized spacial score (nSPS) is 30.3. The lowest BCUT2D eigenvalue weighted by Crippen LogP contribution is -2.46. The highest BCUT2D eigenvalue weighted by molar-refractivity contribution is 7.68. The number of anilines is 3. The molecule has 0 amide bonds. The molecule has 9 rings (SSSR count). The van der Waals surface area contributed by atoms with Crippen molar-refractivity contribution in [1.82, 2.24) is 53.6 Å². The van der Waals surface area contributed by atoms with E-state index < -0.39 is 129 Å². The first-order chi connectivity index (χ1) is 35.7. The minimum Gasteiger partial charge on any atom is -0.775 e. The number of hydrogen-bond acceptors (Lipinski definition) is 32. The highest BCUT2D eigenvalue weighted by atomic mass is 31.3. The van der Waals surface area contributed by atoms with Crippen LogP contribution in [0.4, 0.5) is 17.7 Å². The van der Waals surface area contributed by atoms with Gasteiger partial charge in [0.15, 0.2) is 49.0 Å². The predicted octanol–water partition coefficient (Wildman–Crippen LogP) is -6.00. The van der Waals surface area contributed by atoms with Gasteiger partial charge in [-0.25, -0.2) is 28.8 Å². The first-order valence-electron chi connectivity index (χ1n) is 21.5. The molecule has 0 radical (unpaired) electrons. The van der Waals surface area contributed by atoms with Gasteiger partial charge in [0.05, 0.1) is 32.9 Å². The van der Waals surface area contributed by atoms with Crippen molar-refractivity contribution >= 4 is 82.3 Å². The van der Waals surface area contributed by atoms with Crippen LogP contribution in [0, 0.1) is 0 Å². The van der Waals surface area contributed by atoms with Crippen molar-refractivity contribution in [3.63, 3.8) is 0 Å². The smallest absolute Gasteiger partial charge is 0.313 e. The Morgan fingerprint density at radius 2 is 1.38 bits per heavy atom. The predicted molar refractivity (Wildman–Crippen MR) is 238 cm³/mol. The second-order valence-corrected chi connectivity index (χ2v) is 22.8. The quantitative estimate of drug-likeness (QED) is 0.0276. The topological polar surface area (TPSA) is 553 Å². The van der Waals surface area contributed by atoms with Gasteiger partial charge in [-0.3, -0.25) is 51.3 Å². The number of ether oxygens (including phenoxy) is 5. The number of nitrogen functional groups attached to an aromatic ring is 3. The van der Waals surface area contributed by atoms with Crippen molar-refractivity contribution < 1.29 is 104 Å². The number of aromatic nitrogens is 12. The molecule has 6 aromatic rings. The van der Waals surface area contributed by atoms with Crippen LogP contribution in [0.25, 0.3) is 33.5 Å². The molecule has 76 heavy (non-hydrogen) atoms. The molecule has 9 heterocycles. The van der Waals surface area contributed by atoms with Crippen molar-refractivity contribution in [2.24, 2.45) is 7.05 Å². The van der Waals surface area contributed by atoms with E-state index in [0.717, 1.165) is 37.8 Å². The first kappa shape index (κ1) is 55.4. The van der Waals surface area contributed by atoms with Gasteiger partial charge in [-0.1, -0.05) is 4.98 Å². The molecule has 3 aliphatic heterocycles. The van der Waals surface area contributed by atoms with Gasteiger partial charge >= 0.3 is 5.65 Å². The fraction of sp³-hybridized carbons (Fsp3) is 0.500. The Morgan fingerprint density at radius 1 is 0.737 bits per heavy atom. The highest BCUT2D eigenvalue weighted by Crippen LogP contribution is 2.63. The molecule has 0 aliphatic carbocycles. The summed E-state index contributed by atoms with van der Waals surface area (Å²) in [4.78, 5) is 106. The van der Waals surface area contributed by atoms with Crippen molar-refractivity contribution in [3.8, 4) is 0 Å². The zero-order valence-corrected chi connectivity index (χ0v) is 42.4. The molecular weight excluding hydrogens is 1110 g/mol. The molecule has 3 fully saturated rings. The molecule has 38 nitrogen and oxygen atoms in total. The SMILES string of the molecule is COC1[C@@H](OP(=O)([O-])OC[C@H]2O[C@@H](n3cnc4c(=O)[nH]c(N)nc43)[C@@H](O)C2O)[C@@H](/C=C/P(=O)([O-])OP(=O)([O-])OP(=O)([O-])OC[C@H]2O[C@@H]([n+]3cn(C)c4c(=O)[nH]c(N)nc43)[C@@H](O)C2OC)O[C@H]1n1cnc2c(N)ncnc21. The Hall–Kier alpha value is -5.37. The highest BCUT2D eigenvalue weighted by Gasteiger charge is 2.51. The number of rotatable bonds is 19. The van der Waals surface area contributed by atoms with Crippen molar-refractivity contribution in [2.75, 3.05) is 44.6 Å². The summed E-state index contributed by atoms with van der Waals surface area (Å²) in [7, 11) is -20.7. The van der Waals surface area contributed by atoms with Crippen molar-refractivity contribution in [2.45, 2.75) is 73.6 Å². The van der Waals surface area contributed by atoms with E-state index >= 15 is 0 Å². The summed E-state index contributed by atoms with van der Waals surface area (Å²) in [6.45, 7) is -2.16. The van der Waals surface area contributed by atoms with E-state index in [2.05, 4.69) is 53.0 Å². The summed E-state index contributed by atoms with van der Waals surface area (Å²) in [5.41, 5.74) is 15.5. The molecular formula is C34H42N15O23P4-3. The zero-order valence-electron chi connectivity index (χ0n) is 38.8. The summed E-state index contributed by atoms with van der Waals surface area (Å²) in [5.74, 6) is -0.681. The van der Waals surface area contributed by atoms with Crippen LogP contribution in [-0.4, -0.2) is 151 Å². The van der Waals surface area contributed by atoms with Crippen LogP contribution in [0.2, 0.25) is 0 Å². The van der Waals surface area contributed by atoms with Crippen molar-refractivity contribution in [1.29, 1.82) is 0 Å². The van der Waals surface area contributed by atoms with Crippen LogP contribution in [0.1, 0.15) is 18.7 Å². The van der Waals surface area contributed by atoms with Crippen LogP contribution in [0.15, 0.2) is 46.8 Å². The third-order valence-corrected chi connectivity index (χ3v) is 17.1. The number of nitrogens with zero attached hydrogens (tertiary/aromatic N) is 10. The Bertz CT molecular complexity index is 3540. The third-order valence-electron chi connectivity index (χ3n) is 11.8. The number of imidazole rings is 3. The minimum atomic E-state index is -6.49. The number of aromatic amines is 2. The van der Waals surface area contributed by atoms with Crippen LogP contribution in [0.3, 0.4) is 0 Å². The number of nitrogens with two attached hydrogens (primary N) is 3. The minimum absolute atomic E-state index is 0.00255. The lowest BCUT2D eigenvalue weighted by Gasteiger charge is -2.34. The summed E-state index contributed by atoms with van der Waals surface area (Å²) >= 11 is 0. The van der Waals surface area contributed by atoms with E-state index in [1.54, 1.807) is 0 Å². The zero-order chi connectivity index (χ0) is 55.0. The van der Waals surface area contributed by atoms with Crippen LogP contribution in [0.5, 0.6) is 0 Å². The summed E-state index contributed by atoms with van der Waals surface area (Å²) in [6, 6.07) is 0. The van der Waals surface area contributed by atoms with Gasteiger partial charge < -0.3 is 93.9 Å². The van der Waals surface area contributed by atoms with E-state index in [0.29, 0.717) is 6.08 Å². The molecule has 6 aromatic heterocycles. The van der Waals surface area contributed by atoms with Gasteiger partial charge in [-0.05, 0) is 11.9 Å². The number of aryl methyl sites for hydroxylation is 1. The molecule has 11 N–H and O–H groups in total. The number of phosphoric ester groups is 2. The van der Waals surface area contributed by atoms with E-state index in [-0.39, 0.29) is 57.0 Å². The molecule has 7 unspecified atom stereocenters. The van der Waals surface area contributed by atoms with E-state index in [9.17, 15) is 62.7 Å². The molecule has 0 spiro atoms. The Labute approximate surface area is 421 Å². The number of H-pyrrole nitrogens is 2. The van der Waals surface area contributed by atoms with Gasteiger partial charge in [-0.2, -0.15) is 4.98 Å². The van der Waals surface area contributed by atoms with Crippen molar-refractivity contribution in [3.05, 3.63) is 57.9 Å². The summed E-state index contributed by atoms with van der Waals surface area (Å²) in [5, 5.41) is 32.7. The fourth-order valence-electron chi connectivity index (χ4n) is 8.55. The maximum Gasteiger partial charge on any atom is 0.313 e. The monoisotopic (exact) mass is 1150 g/mol. The van der Waals surface area contributed by atoms with E-state index in [1.165, 1.54) is 27.1 Å². The largest absolute Gasteiger partial charge is 0.775 e. The average molecular weight is 1150 g/mol. The number of methoxy groups -OCH3 is 2. The second-order valence-electron chi connectivity index (χ2n) is 16.7. The number of aliphatic hydroxyl groups is 3. The third kappa shape index (κ3) is 10.9. The number of nitrogens with one attached hydrogen (secondary N) is 2. The number of aliphatic hydroxyl groups excluding tert-OH is 3. The molecule has 16 atom stereocenters. The van der Waals surface area contributed by atoms with Crippen LogP contribution < -0.4 is 52.5 Å². The van der Waals surface area contributed by atoms with E-state index in [4.69, 9.17) is 49.9 Å². The molecule has 414 valence electrons. The average Bonchev–Trinajstić information content (AvgIpc) is 4.18. The lowest BCUT2D eigenvalue weighted by molar-refractivity contribution is -0.745.